The average Bonchev–Trinajstić information content (AvgIpc) is 3.07. The fourth-order valence-electron chi connectivity index (χ4n) is 2.87. The molecule has 0 aliphatic heterocycles. The maximum Gasteiger partial charge on any atom is 0.324 e. The van der Waals surface area contributed by atoms with E-state index in [0.717, 1.165) is 0 Å². The molecular formula is C21H17FN4O2. The molecule has 0 saturated heterocycles. The minimum absolute atomic E-state index is 0.334. The van der Waals surface area contributed by atoms with E-state index >= 15 is 0 Å². The molecule has 0 unspecified atom stereocenters. The number of nitrogens with one attached hydrogen (secondary N) is 2. The zero-order valence-corrected chi connectivity index (χ0v) is 15.0. The predicted molar refractivity (Wildman–Crippen MR) is 106 cm³/mol. The van der Waals surface area contributed by atoms with Crippen LogP contribution in [0.5, 0.6) is 5.75 Å². The van der Waals surface area contributed by atoms with Gasteiger partial charge in [-0.05, 0) is 60.7 Å². The number of halogens is 1. The largest absolute Gasteiger partial charge is 0.497 e. The van der Waals surface area contributed by atoms with Crippen LogP contribution in [-0.4, -0.2) is 22.5 Å². The predicted octanol–water partition coefficient (Wildman–Crippen LogP) is 4.79. The van der Waals surface area contributed by atoms with Crippen LogP contribution in [0.2, 0.25) is 0 Å². The molecule has 0 spiro atoms. The SMILES string of the molecule is COc1ccc(NC(=O)Nc2c(-c3ccc(F)cc3)nc3ccccn23)cc1. The third kappa shape index (κ3) is 3.50. The number of amides is 2. The summed E-state index contributed by atoms with van der Waals surface area (Å²) >= 11 is 0. The summed E-state index contributed by atoms with van der Waals surface area (Å²) in [5.74, 6) is 0.860. The summed E-state index contributed by atoms with van der Waals surface area (Å²) in [6.45, 7) is 0. The van der Waals surface area contributed by atoms with Crippen molar-refractivity contribution >= 4 is 23.2 Å². The molecule has 6 nitrogen and oxygen atoms in total. The van der Waals surface area contributed by atoms with Crippen LogP contribution in [0.15, 0.2) is 72.9 Å². The Morgan fingerprint density at radius 3 is 2.46 bits per heavy atom. The number of methoxy groups -OCH3 is 1. The van der Waals surface area contributed by atoms with Gasteiger partial charge in [-0.25, -0.2) is 14.2 Å². The second-order valence-electron chi connectivity index (χ2n) is 6.05. The Morgan fingerprint density at radius 2 is 1.75 bits per heavy atom. The van der Waals surface area contributed by atoms with Crippen LogP contribution in [-0.2, 0) is 0 Å². The number of fused-ring (bicyclic) bond motifs is 1. The van der Waals surface area contributed by atoms with Gasteiger partial charge in [0.1, 0.15) is 28.7 Å². The van der Waals surface area contributed by atoms with Crippen LogP contribution < -0.4 is 15.4 Å². The number of ether oxygens (including phenoxy) is 1. The molecule has 2 amide bonds. The van der Waals surface area contributed by atoms with Crippen molar-refractivity contribution < 1.29 is 13.9 Å². The van der Waals surface area contributed by atoms with E-state index < -0.39 is 6.03 Å². The van der Waals surface area contributed by atoms with Crippen LogP contribution >= 0.6 is 0 Å². The van der Waals surface area contributed by atoms with Gasteiger partial charge in [-0.1, -0.05) is 6.07 Å². The Bertz CT molecular complexity index is 1120. The van der Waals surface area contributed by atoms with E-state index in [1.165, 1.54) is 12.1 Å². The van der Waals surface area contributed by atoms with E-state index in [0.29, 0.717) is 34.2 Å². The molecule has 2 heterocycles. The van der Waals surface area contributed by atoms with Crippen molar-refractivity contribution in [2.75, 3.05) is 17.7 Å². The molecule has 0 aliphatic rings. The minimum atomic E-state index is -0.417. The van der Waals surface area contributed by atoms with Gasteiger partial charge in [-0.2, -0.15) is 0 Å². The summed E-state index contributed by atoms with van der Waals surface area (Å²) < 4.78 is 20.2. The first-order chi connectivity index (χ1) is 13.6. The van der Waals surface area contributed by atoms with Gasteiger partial charge in [0, 0.05) is 17.4 Å². The molecule has 140 valence electrons. The van der Waals surface area contributed by atoms with Crippen molar-refractivity contribution in [3.63, 3.8) is 0 Å². The van der Waals surface area contributed by atoms with Gasteiger partial charge in [0.25, 0.3) is 0 Å². The Hall–Kier alpha value is -3.87. The number of pyridine rings is 1. The van der Waals surface area contributed by atoms with Crippen molar-refractivity contribution in [1.82, 2.24) is 9.38 Å². The number of carbonyl (C=O) groups excluding carboxylic acids is 1. The highest BCUT2D eigenvalue weighted by Gasteiger charge is 2.16. The van der Waals surface area contributed by atoms with Crippen molar-refractivity contribution in [2.24, 2.45) is 0 Å². The summed E-state index contributed by atoms with van der Waals surface area (Å²) in [7, 11) is 1.58. The van der Waals surface area contributed by atoms with Crippen LogP contribution in [0.4, 0.5) is 20.7 Å². The number of rotatable bonds is 4. The van der Waals surface area contributed by atoms with Gasteiger partial charge in [0.2, 0.25) is 0 Å². The number of carbonyl (C=O) groups is 1. The molecule has 4 rings (SSSR count). The Labute approximate surface area is 160 Å². The molecule has 2 N–H and O–H groups in total. The maximum atomic E-state index is 13.3. The van der Waals surface area contributed by atoms with Crippen LogP contribution in [0.25, 0.3) is 16.9 Å². The molecular weight excluding hydrogens is 359 g/mol. The first-order valence-corrected chi connectivity index (χ1v) is 8.59. The molecule has 7 heteroatoms. The fraction of sp³-hybridized carbons (Fsp3) is 0.0476. The second-order valence-corrected chi connectivity index (χ2v) is 6.05. The van der Waals surface area contributed by atoms with Gasteiger partial charge >= 0.3 is 6.03 Å². The van der Waals surface area contributed by atoms with E-state index in [-0.39, 0.29) is 5.82 Å². The van der Waals surface area contributed by atoms with Crippen molar-refractivity contribution in [2.45, 2.75) is 0 Å². The fourth-order valence-corrected chi connectivity index (χ4v) is 2.87. The van der Waals surface area contributed by atoms with E-state index in [1.807, 2.05) is 18.2 Å². The molecule has 0 atom stereocenters. The molecule has 2 aromatic heterocycles. The Kier molecular flexibility index (Phi) is 4.63. The van der Waals surface area contributed by atoms with Crippen molar-refractivity contribution in [3.05, 3.63) is 78.7 Å². The average molecular weight is 376 g/mol. The number of nitrogens with zero attached hydrogens (tertiary/aromatic N) is 2. The summed E-state index contributed by atoms with van der Waals surface area (Å²) in [6.07, 6.45) is 1.80. The molecule has 0 saturated carbocycles. The lowest BCUT2D eigenvalue weighted by Crippen LogP contribution is -2.20. The standard InChI is InChI=1S/C21H17FN4O2/c1-28-17-11-9-16(10-12-17)23-21(27)25-20-19(14-5-7-15(22)8-6-14)24-18-4-2-3-13-26(18)20/h2-13H,1H3,(H2,23,25,27). The summed E-state index contributed by atoms with van der Waals surface area (Å²) in [6, 6.07) is 18.1. The van der Waals surface area contributed by atoms with Gasteiger partial charge in [0.05, 0.1) is 7.11 Å². The van der Waals surface area contributed by atoms with Gasteiger partial charge < -0.3 is 10.1 Å². The normalized spacial score (nSPS) is 10.6. The highest BCUT2D eigenvalue weighted by Crippen LogP contribution is 2.29. The Morgan fingerprint density at radius 1 is 1.00 bits per heavy atom. The van der Waals surface area contributed by atoms with E-state index in [1.54, 1.807) is 54.1 Å². The third-order valence-electron chi connectivity index (χ3n) is 4.23. The van der Waals surface area contributed by atoms with E-state index in [4.69, 9.17) is 4.74 Å². The topological polar surface area (TPSA) is 67.7 Å². The molecule has 28 heavy (non-hydrogen) atoms. The smallest absolute Gasteiger partial charge is 0.324 e. The number of hydrogen-bond acceptors (Lipinski definition) is 3. The first kappa shape index (κ1) is 17.5. The number of imidazole rings is 1. The first-order valence-electron chi connectivity index (χ1n) is 8.59. The molecule has 0 fully saturated rings. The quantitative estimate of drug-likeness (QED) is 0.538. The molecule has 0 aliphatic carbocycles. The lowest BCUT2D eigenvalue weighted by atomic mass is 10.1. The van der Waals surface area contributed by atoms with Crippen LogP contribution in [0, 0.1) is 5.82 Å². The van der Waals surface area contributed by atoms with Gasteiger partial charge in [-0.3, -0.25) is 9.72 Å². The summed E-state index contributed by atoms with van der Waals surface area (Å²) in [4.78, 5) is 17.1. The maximum absolute atomic E-state index is 13.3. The molecule has 0 radical (unpaired) electrons. The van der Waals surface area contributed by atoms with Crippen LogP contribution in [0.1, 0.15) is 0 Å². The number of anilines is 2. The highest BCUT2D eigenvalue weighted by molar-refractivity contribution is 6.01. The summed E-state index contributed by atoms with van der Waals surface area (Å²) in [5, 5.41) is 5.63. The Balaban J connectivity index is 1.65. The summed E-state index contributed by atoms with van der Waals surface area (Å²) in [5.41, 5.74) is 2.54. The van der Waals surface area contributed by atoms with Crippen molar-refractivity contribution in [3.8, 4) is 17.0 Å². The zero-order valence-electron chi connectivity index (χ0n) is 15.0. The van der Waals surface area contributed by atoms with Gasteiger partial charge in [0.15, 0.2) is 0 Å². The lowest BCUT2D eigenvalue weighted by Gasteiger charge is -2.10. The van der Waals surface area contributed by atoms with E-state index in [9.17, 15) is 9.18 Å². The number of benzene rings is 2. The molecule has 2 aromatic carbocycles. The molecule has 4 aromatic rings. The third-order valence-corrected chi connectivity index (χ3v) is 4.23. The van der Waals surface area contributed by atoms with Crippen molar-refractivity contribution in [1.29, 1.82) is 0 Å². The monoisotopic (exact) mass is 376 g/mol. The number of urea groups is 1. The lowest BCUT2D eigenvalue weighted by molar-refractivity contribution is 0.262. The van der Waals surface area contributed by atoms with Gasteiger partial charge in [-0.15, -0.1) is 0 Å². The van der Waals surface area contributed by atoms with E-state index in [2.05, 4.69) is 15.6 Å². The van der Waals surface area contributed by atoms with Crippen LogP contribution in [0.3, 0.4) is 0 Å². The highest BCUT2D eigenvalue weighted by atomic mass is 19.1. The second kappa shape index (κ2) is 7.40. The number of aromatic nitrogens is 2. The number of hydrogen-bond donors (Lipinski definition) is 2. The minimum Gasteiger partial charge on any atom is -0.497 e. The zero-order chi connectivity index (χ0) is 19.5. The molecule has 0 bridgehead atoms.